The molecule has 3 amide bonds. The Morgan fingerprint density at radius 2 is 1.61 bits per heavy atom. The summed E-state index contributed by atoms with van der Waals surface area (Å²) in [6, 6.07) is 9.23. The van der Waals surface area contributed by atoms with E-state index in [0.29, 0.717) is 6.54 Å². The Hall–Kier alpha value is -1.67. The van der Waals surface area contributed by atoms with Gasteiger partial charge in [0.2, 0.25) is 0 Å². The number of halogens is 2. The third kappa shape index (κ3) is 6.74. The molecule has 28 heavy (non-hydrogen) atoms. The number of hydrazone groups is 1. The largest absolute Gasteiger partial charge is 0.347 e. The van der Waals surface area contributed by atoms with Gasteiger partial charge < -0.3 is 9.80 Å². The fraction of sp³-hybridized carbons (Fsp3) is 0.526. The number of carbonyl (C=O) groups is 2. The molecular formula is C19H29Cl2N5O2. The molecule has 2 saturated heterocycles. The van der Waals surface area contributed by atoms with E-state index in [0.717, 1.165) is 51.1 Å². The molecular weight excluding hydrogens is 401 g/mol. The zero-order chi connectivity index (χ0) is 18.4. The molecule has 2 fully saturated rings. The molecule has 0 saturated carbocycles. The second-order valence-electron chi connectivity index (χ2n) is 6.89. The number of hydrogen-bond acceptors (Lipinski definition) is 5. The van der Waals surface area contributed by atoms with E-state index in [1.54, 1.807) is 6.21 Å². The van der Waals surface area contributed by atoms with Crippen molar-refractivity contribution in [1.82, 2.24) is 19.7 Å². The van der Waals surface area contributed by atoms with Gasteiger partial charge >= 0.3 is 6.03 Å². The van der Waals surface area contributed by atoms with Gasteiger partial charge in [0.05, 0.1) is 6.21 Å². The molecule has 1 aromatic rings. The van der Waals surface area contributed by atoms with Crippen molar-refractivity contribution in [2.75, 3.05) is 52.9 Å². The van der Waals surface area contributed by atoms with Crippen LogP contribution in [0.1, 0.15) is 18.4 Å². The smallest absolute Gasteiger partial charge is 0.304 e. The molecule has 0 bridgehead atoms. The molecule has 0 aromatic heterocycles. The van der Waals surface area contributed by atoms with Crippen LogP contribution in [0.4, 0.5) is 4.79 Å². The van der Waals surface area contributed by atoms with Gasteiger partial charge in [-0.1, -0.05) is 30.3 Å². The molecule has 0 aliphatic carbocycles. The summed E-state index contributed by atoms with van der Waals surface area (Å²) in [6.45, 7) is 5.94. The van der Waals surface area contributed by atoms with Gasteiger partial charge in [-0.25, -0.2) is 9.80 Å². The SMILES string of the molecule is CN1CCN(CCCCN2C(=O)CN(N=Cc3ccccc3)C2=O)CC1.Cl.Cl. The first-order chi connectivity index (χ1) is 12.6. The topological polar surface area (TPSA) is 59.5 Å². The minimum atomic E-state index is -0.318. The molecule has 0 atom stereocenters. The number of unbranched alkanes of at least 4 members (excludes halogenated alkanes) is 1. The summed E-state index contributed by atoms with van der Waals surface area (Å²) < 4.78 is 0. The van der Waals surface area contributed by atoms with Crippen LogP contribution in [0, 0.1) is 0 Å². The average molecular weight is 430 g/mol. The van der Waals surface area contributed by atoms with Crippen LogP contribution in [0.5, 0.6) is 0 Å². The Morgan fingerprint density at radius 1 is 0.964 bits per heavy atom. The van der Waals surface area contributed by atoms with Gasteiger partial charge in [-0.05, 0) is 32.0 Å². The third-order valence-electron chi connectivity index (χ3n) is 4.89. The number of hydrogen-bond donors (Lipinski definition) is 0. The maximum absolute atomic E-state index is 12.4. The maximum Gasteiger partial charge on any atom is 0.347 e. The summed E-state index contributed by atoms with van der Waals surface area (Å²) in [5.74, 6) is -0.167. The minimum absolute atomic E-state index is 0. The van der Waals surface area contributed by atoms with E-state index in [1.165, 1.54) is 9.91 Å². The first kappa shape index (κ1) is 24.4. The predicted molar refractivity (Wildman–Crippen MR) is 116 cm³/mol. The summed E-state index contributed by atoms with van der Waals surface area (Å²) in [7, 11) is 2.15. The van der Waals surface area contributed by atoms with E-state index in [2.05, 4.69) is 21.9 Å². The van der Waals surface area contributed by atoms with Crippen LogP contribution in [0.3, 0.4) is 0 Å². The van der Waals surface area contributed by atoms with E-state index in [-0.39, 0.29) is 43.3 Å². The molecule has 156 valence electrons. The second-order valence-corrected chi connectivity index (χ2v) is 6.89. The molecule has 2 aliphatic heterocycles. The quantitative estimate of drug-likeness (QED) is 0.378. The predicted octanol–water partition coefficient (Wildman–Crippen LogP) is 2.16. The van der Waals surface area contributed by atoms with E-state index >= 15 is 0 Å². The van der Waals surface area contributed by atoms with Crippen LogP contribution in [0.15, 0.2) is 35.4 Å². The number of amides is 3. The average Bonchev–Trinajstić information content (AvgIpc) is 2.93. The maximum atomic E-state index is 12.4. The molecule has 7 nitrogen and oxygen atoms in total. The van der Waals surface area contributed by atoms with Crippen LogP contribution >= 0.6 is 24.8 Å². The van der Waals surface area contributed by atoms with Gasteiger partial charge in [-0.2, -0.15) is 5.10 Å². The number of benzene rings is 1. The van der Waals surface area contributed by atoms with Gasteiger partial charge in [0.1, 0.15) is 6.54 Å². The molecule has 9 heteroatoms. The van der Waals surface area contributed by atoms with Crippen LogP contribution in [-0.2, 0) is 4.79 Å². The normalized spacial score (nSPS) is 18.5. The lowest BCUT2D eigenvalue weighted by molar-refractivity contribution is -0.125. The lowest BCUT2D eigenvalue weighted by Gasteiger charge is -2.32. The Labute approximate surface area is 179 Å². The monoisotopic (exact) mass is 429 g/mol. The summed E-state index contributed by atoms with van der Waals surface area (Å²) >= 11 is 0. The van der Waals surface area contributed by atoms with Crippen molar-refractivity contribution in [3.8, 4) is 0 Å². The number of nitrogens with zero attached hydrogens (tertiary/aromatic N) is 5. The molecule has 1 aromatic carbocycles. The van der Waals surface area contributed by atoms with Crippen molar-refractivity contribution >= 4 is 43.0 Å². The third-order valence-corrected chi connectivity index (χ3v) is 4.89. The summed E-state index contributed by atoms with van der Waals surface area (Å²) in [5.41, 5.74) is 0.901. The highest BCUT2D eigenvalue weighted by Gasteiger charge is 2.35. The second kappa shape index (κ2) is 12.0. The first-order valence-corrected chi connectivity index (χ1v) is 9.25. The molecule has 0 radical (unpaired) electrons. The lowest BCUT2D eigenvalue weighted by Crippen LogP contribution is -2.44. The highest BCUT2D eigenvalue weighted by molar-refractivity contribution is 6.02. The van der Waals surface area contributed by atoms with E-state index in [4.69, 9.17) is 0 Å². The molecule has 0 N–H and O–H groups in total. The lowest BCUT2D eigenvalue weighted by atomic mass is 10.2. The number of rotatable bonds is 7. The number of carbonyl (C=O) groups excluding carboxylic acids is 2. The Morgan fingerprint density at radius 3 is 2.29 bits per heavy atom. The van der Waals surface area contributed by atoms with Crippen LogP contribution in [-0.4, -0.2) is 90.7 Å². The van der Waals surface area contributed by atoms with Gasteiger partial charge in [0.25, 0.3) is 5.91 Å². The van der Waals surface area contributed by atoms with Gasteiger partial charge in [0.15, 0.2) is 0 Å². The number of urea groups is 1. The van der Waals surface area contributed by atoms with Crippen LogP contribution in [0.2, 0.25) is 0 Å². The fourth-order valence-corrected chi connectivity index (χ4v) is 3.19. The summed E-state index contributed by atoms with van der Waals surface area (Å²) in [6.07, 6.45) is 3.44. The standard InChI is InChI=1S/C19H27N5O2.2ClH/c1-21-11-13-22(14-12-21)9-5-6-10-23-18(25)16-24(19(23)26)20-15-17-7-3-2-4-8-17;;/h2-4,7-8,15H,5-6,9-14,16H2,1H3;2*1H. The number of imide groups is 1. The highest BCUT2D eigenvalue weighted by atomic mass is 35.5. The van der Waals surface area contributed by atoms with E-state index in [1.807, 2.05) is 30.3 Å². The van der Waals surface area contributed by atoms with Crippen LogP contribution < -0.4 is 0 Å². The molecule has 0 spiro atoms. The Balaban J connectivity index is 0.00000196. The molecule has 3 rings (SSSR count). The Kier molecular flexibility index (Phi) is 10.5. The minimum Gasteiger partial charge on any atom is -0.304 e. The summed E-state index contributed by atoms with van der Waals surface area (Å²) in [5, 5.41) is 5.41. The van der Waals surface area contributed by atoms with E-state index in [9.17, 15) is 9.59 Å². The van der Waals surface area contributed by atoms with Crippen molar-refractivity contribution in [2.45, 2.75) is 12.8 Å². The number of piperazine rings is 1. The van der Waals surface area contributed by atoms with Crippen molar-refractivity contribution in [1.29, 1.82) is 0 Å². The van der Waals surface area contributed by atoms with Crippen molar-refractivity contribution < 1.29 is 9.59 Å². The van der Waals surface area contributed by atoms with Crippen molar-refractivity contribution in [3.63, 3.8) is 0 Å². The fourth-order valence-electron chi connectivity index (χ4n) is 3.19. The van der Waals surface area contributed by atoms with Gasteiger partial charge in [0, 0.05) is 32.7 Å². The summed E-state index contributed by atoms with van der Waals surface area (Å²) in [4.78, 5) is 30.6. The van der Waals surface area contributed by atoms with Gasteiger partial charge in [-0.3, -0.25) is 9.69 Å². The number of likely N-dealkylation sites (N-methyl/N-ethyl adjacent to an activating group) is 1. The molecule has 2 aliphatic rings. The van der Waals surface area contributed by atoms with Gasteiger partial charge in [-0.15, -0.1) is 24.8 Å². The highest BCUT2D eigenvalue weighted by Crippen LogP contribution is 2.12. The van der Waals surface area contributed by atoms with E-state index < -0.39 is 0 Å². The molecule has 2 heterocycles. The van der Waals surface area contributed by atoms with Crippen LogP contribution in [0.25, 0.3) is 0 Å². The zero-order valence-electron chi connectivity index (χ0n) is 16.2. The zero-order valence-corrected chi connectivity index (χ0v) is 17.8. The first-order valence-electron chi connectivity index (χ1n) is 9.25. The molecule has 0 unspecified atom stereocenters. The Bertz CT molecular complexity index is 651. The van der Waals surface area contributed by atoms with Crippen molar-refractivity contribution in [2.24, 2.45) is 5.10 Å². The van der Waals surface area contributed by atoms with Crippen molar-refractivity contribution in [3.05, 3.63) is 35.9 Å².